The molecule has 3 rings (SSSR count). The van der Waals surface area contributed by atoms with Crippen molar-refractivity contribution in [3.8, 4) is 5.75 Å². The highest BCUT2D eigenvalue weighted by molar-refractivity contribution is 14.0. The molecule has 1 fully saturated rings. The normalized spacial score (nSPS) is 15.8. The van der Waals surface area contributed by atoms with Crippen LogP contribution < -0.4 is 15.4 Å². The molecule has 2 heterocycles. The first-order chi connectivity index (χ1) is 15.3. The number of benzene rings is 1. The van der Waals surface area contributed by atoms with Crippen molar-refractivity contribution < 1.29 is 14.2 Å². The van der Waals surface area contributed by atoms with E-state index in [0.29, 0.717) is 19.1 Å². The minimum atomic E-state index is 0. The molecule has 176 valence electrons. The second kappa shape index (κ2) is 15.8. The van der Waals surface area contributed by atoms with Crippen LogP contribution >= 0.6 is 24.0 Å². The van der Waals surface area contributed by atoms with Gasteiger partial charge in [-0.15, -0.1) is 24.0 Å². The van der Waals surface area contributed by atoms with Crippen molar-refractivity contribution in [2.24, 2.45) is 10.9 Å². The van der Waals surface area contributed by atoms with Crippen LogP contribution in [0.2, 0.25) is 0 Å². The van der Waals surface area contributed by atoms with Gasteiger partial charge in [-0.1, -0.05) is 18.2 Å². The highest BCUT2D eigenvalue weighted by Gasteiger charge is 2.15. The van der Waals surface area contributed by atoms with Crippen LogP contribution in [0.25, 0.3) is 0 Å². The summed E-state index contributed by atoms with van der Waals surface area (Å²) in [5.41, 5.74) is 2.04. The topological polar surface area (TPSA) is 77.0 Å². The molecule has 1 aliphatic heterocycles. The predicted molar refractivity (Wildman–Crippen MR) is 138 cm³/mol. The van der Waals surface area contributed by atoms with E-state index in [1.807, 2.05) is 42.5 Å². The van der Waals surface area contributed by atoms with Gasteiger partial charge in [0.05, 0.1) is 25.5 Å². The van der Waals surface area contributed by atoms with Gasteiger partial charge in [0, 0.05) is 38.4 Å². The van der Waals surface area contributed by atoms with Crippen molar-refractivity contribution in [2.75, 3.05) is 39.5 Å². The highest BCUT2D eigenvalue weighted by Crippen LogP contribution is 2.14. The van der Waals surface area contributed by atoms with E-state index in [1.54, 1.807) is 6.20 Å². The summed E-state index contributed by atoms with van der Waals surface area (Å²) < 4.78 is 16.9. The number of rotatable bonds is 12. The summed E-state index contributed by atoms with van der Waals surface area (Å²) in [6.45, 7) is 8.05. The van der Waals surface area contributed by atoms with Gasteiger partial charge in [-0.05, 0) is 49.6 Å². The lowest BCUT2D eigenvalue weighted by Gasteiger charge is -2.12. The Labute approximate surface area is 208 Å². The van der Waals surface area contributed by atoms with Crippen LogP contribution in [0.4, 0.5) is 0 Å². The highest BCUT2D eigenvalue weighted by atomic mass is 127. The number of ether oxygens (including phenoxy) is 3. The van der Waals surface area contributed by atoms with E-state index >= 15 is 0 Å². The maximum Gasteiger partial charge on any atom is 0.191 e. The van der Waals surface area contributed by atoms with Crippen molar-refractivity contribution in [2.45, 2.75) is 32.9 Å². The lowest BCUT2D eigenvalue weighted by Crippen LogP contribution is -2.38. The number of aromatic nitrogens is 1. The molecule has 1 aliphatic rings. The standard InChI is InChI=1S/C24H34N4O3.HI/c1-2-25-24(27-13-5-14-29-17-21-11-15-30-18-21)28-16-20-7-9-23(10-8-20)31-19-22-6-3-4-12-26-22;/h3-4,6-10,12,21H,2,5,11,13-19H2,1H3,(H2,25,27,28);1H. The monoisotopic (exact) mass is 554 g/mol. The Morgan fingerprint density at radius 1 is 1.19 bits per heavy atom. The van der Waals surface area contributed by atoms with Gasteiger partial charge in [0.15, 0.2) is 5.96 Å². The molecule has 7 nitrogen and oxygen atoms in total. The second-order valence-electron chi connectivity index (χ2n) is 7.53. The fourth-order valence-electron chi connectivity index (χ4n) is 3.19. The summed E-state index contributed by atoms with van der Waals surface area (Å²) in [7, 11) is 0. The Hall–Kier alpha value is -1.91. The number of hydrogen-bond donors (Lipinski definition) is 2. The summed E-state index contributed by atoms with van der Waals surface area (Å²) >= 11 is 0. The number of guanidine groups is 1. The minimum absolute atomic E-state index is 0. The quantitative estimate of drug-likeness (QED) is 0.180. The molecule has 1 aromatic carbocycles. The van der Waals surface area contributed by atoms with Crippen LogP contribution in [-0.2, 0) is 22.6 Å². The SMILES string of the molecule is CCNC(=NCc1ccc(OCc2ccccn2)cc1)NCCCOCC1CCOC1.I. The molecule has 0 radical (unpaired) electrons. The Balaban J connectivity index is 0.00000363. The molecule has 0 saturated carbocycles. The third-order valence-electron chi connectivity index (χ3n) is 4.94. The second-order valence-corrected chi connectivity index (χ2v) is 7.53. The number of halogens is 1. The Morgan fingerprint density at radius 2 is 2.06 bits per heavy atom. The molecule has 0 amide bonds. The Kier molecular flexibility index (Phi) is 13.0. The van der Waals surface area contributed by atoms with Gasteiger partial charge in [0.1, 0.15) is 12.4 Å². The van der Waals surface area contributed by atoms with E-state index in [-0.39, 0.29) is 24.0 Å². The fraction of sp³-hybridized carbons (Fsp3) is 0.500. The van der Waals surface area contributed by atoms with Crippen molar-refractivity contribution in [3.63, 3.8) is 0 Å². The Bertz CT molecular complexity index is 769. The maximum atomic E-state index is 5.79. The molecule has 1 saturated heterocycles. The van der Waals surface area contributed by atoms with Gasteiger partial charge in [0.25, 0.3) is 0 Å². The summed E-state index contributed by atoms with van der Waals surface area (Å²) in [5, 5.41) is 6.66. The molecule has 2 N–H and O–H groups in total. The van der Waals surface area contributed by atoms with Crippen LogP contribution in [0.1, 0.15) is 31.0 Å². The van der Waals surface area contributed by atoms with Crippen LogP contribution in [-0.4, -0.2) is 50.5 Å². The third kappa shape index (κ3) is 10.1. The summed E-state index contributed by atoms with van der Waals surface area (Å²) in [6, 6.07) is 13.8. The zero-order chi connectivity index (χ0) is 21.6. The summed E-state index contributed by atoms with van der Waals surface area (Å²) in [4.78, 5) is 8.94. The van der Waals surface area contributed by atoms with Crippen LogP contribution in [0.5, 0.6) is 5.75 Å². The van der Waals surface area contributed by atoms with Crippen LogP contribution in [0.3, 0.4) is 0 Å². The Morgan fingerprint density at radius 3 is 2.78 bits per heavy atom. The van der Waals surface area contributed by atoms with E-state index in [2.05, 4.69) is 27.5 Å². The van der Waals surface area contributed by atoms with Crippen molar-refractivity contribution >= 4 is 29.9 Å². The molecular formula is C24H35IN4O3. The number of nitrogens with zero attached hydrogens (tertiary/aromatic N) is 2. The smallest absolute Gasteiger partial charge is 0.191 e. The first-order valence-electron chi connectivity index (χ1n) is 11.1. The van der Waals surface area contributed by atoms with Gasteiger partial charge < -0.3 is 24.8 Å². The molecule has 0 aliphatic carbocycles. The molecular weight excluding hydrogens is 519 g/mol. The average molecular weight is 554 g/mol. The lowest BCUT2D eigenvalue weighted by molar-refractivity contribution is 0.0888. The number of nitrogens with one attached hydrogen (secondary N) is 2. The summed E-state index contributed by atoms with van der Waals surface area (Å²) in [5.74, 6) is 2.22. The van der Waals surface area contributed by atoms with E-state index in [9.17, 15) is 0 Å². The molecule has 8 heteroatoms. The molecule has 1 unspecified atom stereocenters. The number of hydrogen-bond acceptors (Lipinski definition) is 5. The first kappa shape index (κ1) is 26.3. The van der Waals surface area contributed by atoms with Crippen molar-refractivity contribution in [1.29, 1.82) is 0 Å². The van der Waals surface area contributed by atoms with E-state index in [1.165, 1.54) is 0 Å². The molecule has 1 aromatic heterocycles. The van der Waals surface area contributed by atoms with Gasteiger partial charge in [-0.25, -0.2) is 4.99 Å². The largest absolute Gasteiger partial charge is 0.487 e. The molecule has 32 heavy (non-hydrogen) atoms. The molecule has 0 spiro atoms. The van der Waals surface area contributed by atoms with E-state index in [4.69, 9.17) is 14.2 Å². The molecule has 1 atom stereocenters. The summed E-state index contributed by atoms with van der Waals surface area (Å²) in [6.07, 6.45) is 3.84. The van der Waals surface area contributed by atoms with Crippen molar-refractivity contribution in [1.82, 2.24) is 15.6 Å². The maximum absolute atomic E-state index is 5.79. The minimum Gasteiger partial charge on any atom is -0.487 e. The zero-order valence-corrected chi connectivity index (χ0v) is 21.1. The number of aliphatic imine (C=N–C) groups is 1. The van der Waals surface area contributed by atoms with Gasteiger partial charge in [0.2, 0.25) is 0 Å². The van der Waals surface area contributed by atoms with E-state index in [0.717, 1.165) is 75.3 Å². The van der Waals surface area contributed by atoms with Gasteiger partial charge in [-0.3, -0.25) is 4.98 Å². The molecule has 0 bridgehead atoms. The number of pyridine rings is 1. The first-order valence-corrected chi connectivity index (χ1v) is 11.1. The lowest BCUT2D eigenvalue weighted by atomic mass is 10.1. The van der Waals surface area contributed by atoms with Gasteiger partial charge >= 0.3 is 0 Å². The van der Waals surface area contributed by atoms with Crippen molar-refractivity contribution in [3.05, 3.63) is 59.9 Å². The van der Waals surface area contributed by atoms with E-state index < -0.39 is 0 Å². The predicted octanol–water partition coefficient (Wildman–Crippen LogP) is 3.78. The molecule has 2 aromatic rings. The van der Waals surface area contributed by atoms with Crippen LogP contribution in [0.15, 0.2) is 53.7 Å². The zero-order valence-electron chi connectivity index (χ0n) is 18.8. The average Bonchev–Trinajstić information content (AvgIpc) is 3.33. The van der Waals surface area contributed by atoms with Crippen LogP contribution in [0, 0.1) is 5.92 Å². The third-order valence-corrected chi connectivity index (χ3v) is 4.94. The fourth-order valence-corrected chi connectivity index (χ4v) is 3.19. The van der Waals surface area contributed by atoms with Gasteiger partial charge in [-0.2, -0.15) is 0 Å².